The van der Waals surface area contributed by atoms with Crippen LogP contribution in [0.3, 0.4) is 0 Å². The number of fused-ring (bicyclic) bond motifs is 1. The highest BCUT2D eigenvalue weighted by atomic mass is 35.5. The van der Waals surface area contributed by atoms with Crippen LogP contribution in [0.5, 0.6) is 0 Å². The maximum absolute atomic E-state index is 12.3. The summed E-state index contributed by atoms with van der Waals surface area (Å²) in [5, 5.41) is 11.6. The fourth-order valence-electron chi connectivity index (χ4n) is 3.31. The number of rotatable bonds is 7. The van der Waals surface area contributed by atoms with Gasteiger partial charge >= 0.3 is 6.03 Å². The molecule has 0 unspecified atom stereocenters. The predicted octanol–water partition coefficient (Wildman–Crippen LogP) is 4.28. The molecule has 2 amide bonds. The van der Waals surface area contributed by atoms with Crippen LogP contribution < -0.4 is 21.7 Å². The van der Waals surface area contributed by atoms with Crippen molar-refractivity contribution in [1.82, 2.24) is 10.3 Å². The number of carbonyl (C=O) groups excluding carboxylic acids is 1. The lowest BCUT2D eigenvalue weighted by Gasteiger charge is -2.09. The number of carbonyl (C=O) groups is 1. The highest BCUT2D eigenvalue weighted by molar-refractivity contribution is 7.67. The Labute approximate surface area is 217 Å². The molecule has 0 radical (unpaired) electrons. The number of benzene rings is 2. The molecule has 0 saturated carbocycles. The van der Waals surface area contributed by atoms with Crippen molar-refractivity contribution in [2.75, 3.05) is 29.6 Å². The highest BCUT2D eigenvalue weighted by Gasteiger charge is 2.13. The molecule has 0 fully saturated rings. The molecule has 0 bridgehead atoms. The van der Waals surface area contributed by atoms with E-state index in [1.807, 2.05) is 17.5 Å². The molecule has 0 aliphatic heterocycles. The third-order valence-corrected chi connectivity index (χ3v) is 6.46. The Morgan fingerprint density at radius 2 is 1.92 bits per heavy atom. The zero-order valence-electron chi connectivity index (χ0n) is 18.6. The van der Waals surface area contributed by atoms with Crippen molar-refractivity contribution in [3.63, 3.8) is 0 Å². The van der Waals surface area contributed by atoms with Crippen molar-refractivity contribution in [2.24, 2.45) is 0 Å². The van der Waals surface area contributed by atoms with Crippen LogP contribution in [0, 0.1) is 11.8 Å². The summed E-state index contributed by atoms with van der Waals surface area (Å²) in [7, 11) is -2.89. The molecule has 2 aromatic heterocycles. The SMILES string of the molecule is Nc1ncc(C#CCNCO[SH](=O)=O)c2scc(-c3ccc(NC(=O)Nc4cccc(Cl)c4)cc3)c12. The minimum atomic E-state index is -2.89. The Hall–Kier alpha value is -3.66. The smallest absolute Gasteiger partial charge is 0.323 e. The molecule has 36 heavy (non-hydrogen) atoms. The Bertz CT molecular complexity index is 1530. The number of anilines is 3. The monoisotopic (exact) mass is 541 g/mol. The number of thiophene rings is 1. The number of nitrogens with one attached hydrogen (secondary N) is 3. The number of thiol groups is 1. The highest BCUT2D eigenvalue weighted by Crippen LogP contribution is 2.38. The van der Waals surface area contributed by atoms with Crippen LogP contribution in [0.2, 0.25) is 5.02 Å². The number of hydrogen-bond acceptors (Lipinski definition) is 8. The Morgan fingerprint density at radius 1 is 1.14 bits per heavy atom. The van der Waals surface area contributed by atoms with Crippen molar-refractivity contribution in [1.29, 1.82) is 0 Å². The molecule has 4 rings (SSSR count). The van der Waals surface area contributed by atoms with Gasteiger partial charge in [-0.1, -0.05) is 41.6 Å². The van der Waals surface area contributed by atoms with E-state index < -0.39 is 11.0 Å². The number of nitrogen functional groups attached to an aromatic ring is 1. The quantitative estimate of drug-likeness (QED) is 0.102. The van der Waals surface area contributed by atoms with Crippen molar-refractivity contribution in [2.45, 2.75) is 0 Å². The second kappa shape index (κ2) is 11.9. The average Bonchev–Trinajstić information content (AvgIpc) is 3.29. The van der Waals surface area contributed by atoms with E-state index in [4.69, 9.17) is 17.3 Å². The minimum Gasteiger partial charge on any atom is -0.383 e. The summed E-state index contributed by atoms with van der Waals surface area (Å²) >= 11 is 7.45. The molecule has 0 aliphatic rings. The van der Waals surface area contributed by atoms with E-state index >= 15 is 0 Å². The van der Waals surface area contributed by atoms with Crippen LogP contribution in [0.25, 0.3) is 21.2 Å². The first-order chi connectivity index (χ1) is 17.4. The van der Waals surface area contributed by atoms with E-state index in [0.29, 0.717) is 27.8 Å². The first-order valence-corrected chi connectivity index (χ1v) is 12.8. The van der Waals surface area contributed by atoms with Crippen LogP contribution in [-0.4, -0.2) is 32.7 Å². The molecule has 5 N–H and O–H groups in total. The molecule has 4 aromatic rings. The molecule has 12 heteroatoms. The maximum atomic E-state index is 12.3. The number of amides is 2. The predicted molar refractivity (Wildman–Crippen MR) is 145 cm³/mol. The van der Waals surface area contributed by atoms with Crippen molar-refractivity contribution >= 4 is 67.2 Å². The van der Waals surface area contributed by atoms with Crippen LogP contribution in [0.15, 0.2) is 60.1 Å². The number of halogens is 1. The van der Waals surface area contributed by atoms with Gasteiger partial charge in [0, 0.05) is 33.5 Å². The molecule has 9 nitrogen and oxygen atoms in total. The van der Waals surface area contributed by atoms with Gasteiger partial charge in [0.25, 0.3) is 11.0 Å². The summed E-state index contributed by atoms with van der Waals surface area (Å²) in [6, 6.07) is 13.9. The molecular formula is C24H20ClN5O4S2. The van der Waals surface area contributed by atoms with Gasteiger partial charge in [0.2, 0.25) is 0 Å². The molecule has 0 aliphatic carbocycles. The Morgan fingerprint density at radius 3 is 2.67 bits per heavy atom. The number of pyridine rings is 1. The summed E-state index contributed by atoms with van der Waals surface area (Å²) in [6.07, 6.45) is 1.61. The van der Waals surface area contributed by atoms with E-state index in [-0.39, 0.29) is 19.3 Å². The van der Waals surface area contributed by atoms with E-state index in [9.17, 15) is 13.2 Å². The minimum absolute atomic E-state index is 0.140. The summed E-state index contributed by atoms with van der Waals surface area (Å²) in [5.74, 6) is 6.34. The van der Waals surface area contributed by atoms with Crippen LogP contribution in [0.1, 0.15) is 5.56 Å². The molecular weight excluding hydrogens is 522 g/mol. The normalized spacial score (nSPS) is 10.7. The lowest BCUT2D eigenvalue weighted by molar-refractivity contribution is 0.262. The van der Waals surface area contributed by atoms with Gasteiger partial charge in [-0.25, -0.2) is 18.2 Å². The Balaban J connectivity index is 1.47. The Kier molecular flexibility index (Phi) is 8.37. The topological polar surface area (TPSA) is 135 Å². The number of nitrogens with two attached hydrogens (primary N) is 1. The number of hydrogen-bond donors (Lipinski definition) is 5. The van der Waals surface area contributed by atoms with E-state index in [2.05, 4.69) is 37.0 Å². The van der Waals surface area contributed by atoms with Crippen LogP contribution in [0.4, 0.5) is 22.0 Å². The molecule has 0 saturated heterocycles. The zero-order chi connectivity index (χ0) is 25.5. The second-order valence-corrected chi connectivity index (χ2v) is 9.32. The largest absolute Gasteiger partial charge is 0.383 e. The van der Waals surface area contributed by atoms with Crippen LogP contribution in [-0.2, 0) is 15.2 Å². The standard InChI is InChI=1S/C24H20ClN5O4S2/c25-17-4-1-5-19(11-17)30-24(31)29-18-8-6-15(7-9-18)20-13-35-22-16(12-28-23(26)21(20)22)3-2-10-27-14-34-36(32)33/h1,4-9,11-13,27,36H,10,14H2,(H2,26,28)(H2,29,30,31). The zero-order valence-corrected chi connectivity index (χ0v) is 21.0. The number of nitrogens with zero attached hydrogens (tertiary/aromatic N) is 1. The van der Waals surface area contributed by atoms with Gasteiger partial charge in [0.05, 0.1) is 16.8 Å². The number of urea groups is 1. The molecule has 2 heterocycles. The summed E-state index contributed by atoms with van der Waals surface area (Å²) < 4.78 is 26.1. The first kappa shape index (κ1) is 25.4. The van der Waals surface area contributed by atoms with Gasteiger partial charge in [0.15, 0.2) is 0 Å². The lowest BCUT2D eigenvalue weighted by atomic mass is 10.0. The van der Waals surface area contributed by atoms with Crippen molar-refractivity contribution in [3.05, 3.63) is 70.7 Å². The summed E-state index contributed by atoms with van der Waals surface area (Å²) in [6.45, 7) is 0.103. The molecule has 2 aromatic carbocycles. The van der Waals surface area contributed by atoms with Gasteiger partial charge in [-0.2, -0.15) is 0 Å². The molecule has 184 valence electrons. The van der Waals surface area contributed by atoms with E-state index in [1.54, 1.807) is 42.6 Å². The maximum Gasteiger partial charge on any atom is 0.323 e. The third kappa shape index (κ3) is 6.51. The fourth-order valence-corrected chi connectivity index (χ4v) is 4.75. The number of aromatic nitrogens is 1. The third-order valence-electron chi connectivity index (χ3n) is 4.87. The second-order valence-electron chi connectivity index (χ2n) is 7.30. The van der Waals surface area contributed by atoms with Gasteiger partial charge in [0.1, 0.15) is 12.5 Å². The average molecular weight is 542 g/mol. The van der Waals surface area contributed by atoms with Gasteiger partial charge in [-0.15, -0.1) is 11.3 Å². The van der Waals surface area contributed by atoms with E-state index in [0.717, 1.165) is 21.2 Å². The van der Waals surface area contributed by atoms with Gasteiger partial charge in [-0.05, 0) is 41.3 Å². The summed E-state index contributed by atoms with van der Waals surface area (Å²) in [5.41, 5.74) is 9.93. The summed E-state index contributed by atoms with van der Waals surface area (Å²) in [4.78, 5) is 16.6. The first-order valence-electron chi connectivity index (χ1n) is 10.5. The lowest BCUT2D eigenvalue weighted by Crippen LogP contribution is -2.19. The fraction of sp³-hybridized carbons (Fsp3) is 0.0833. The van der Waals surface area contributed by atoms with Crippen molar-refractivity contribution < 1.29 is 17.4 Å². The van der Waals surface area contributed by atoms with E-state index in [1.165, 1.54) is 11.3 Å². The van der Waals surface area contributed by atoms with Gasteiger partial charge in [-0.3, -0.25) is 9.50 Å². The van der Waals surface area contributed by atoms with Gasteiger partial charge < -0.3 is 16.4 Å². The molecule has 0 spiro atoms. The van der Waals surface area contributed by atoms with Crippen molar-refractivity contribution in [3.8, 4) is 23.0 Å². The molecule has 0 atom stereocenters. The van der Waals surface area contributed by atoms with Crippen LogP contribution >= 0.6 is 22.9 Å².